The van der Waals surface area contributed by atoms with Gasteiger partial charge in [-0.2, -0.15) is 5.21 Å². The van der Waals surface area contributed by atoms with Crippen molar-refractivity contribution < 1.29 is 13.2 Å². The number of aromatic nitrogens is 4. The van der Waals surface area contributed by atoms with Crippen LogP contribution in [0.3, 0.4) is 0 Å². The van der Waals surface area contributed by atoms with E-state index in [0.717, 1.165) is 24.0 Å². The highest BCUT2D eigenvalue weighted by molar-refractivity contribution is 8.01. The number of thiophene rings is 1. The number of sulfone groups is 1. The molecular formula is C25H28N8O3S3. The molecule has 2 heterocycles. The second-order valence-corrected chi connectivity index (χ2v) is 12.6. The number of amides is 2. The first-order valence-electron chi connectivity index (χ1n) is 11.9. The number of anilines is 1. The van der Waals surface area contributed by atoms with Crippen LogP contribution in [0.25, 0.3) is 11.1 Å². The third kappa shape index (κ3) is 6.64. The summed E-state index contributed by atoms with van der Waals surface area (Å²) in [6.07, 6.45) is 4.00. The van der Waals surface area contributed by atoms with Crippen molar-refractivity contribution in [1.29, 1.82) is 5.41 Å². The molecule has 0 bridgehead atoms. The van der Waals surface area contributed by atoms with E-state index < -0.39 is 9.84 Å². The van der Waals surface area contributed by atoms with E-state index in [0.29, 0.717) is 39.1 Å². The molecular weight excluding hydrogens is 557 g/mol. The second kappa shape index (κ2) is 12.4. The van der Waals surface area contributed by atoms with Crippen LogP contribution in [0.2, 0.25) is 0 Å². The Morgan fingerprint density at radius 1 is 1.18 bits per heavy atom. The van der Waals surface area contributed by atoms with Gasteiger partial charge in [0, 0.05) is 18.5 Å². The largest absolute Gasteiger partial charge is 0.383 e. The number of thioether (sulfide) groups is 1. The van der Waals surface area contributed by atoms with Crippen molar-refractivity contribution in [2.75, 3.05) is 18.1 Å². The summed E-state index contributed by atoms with van der Waals surface area (Å²) in [5, 5.41) is 27.2. The van der Waals surface area contributed by atoms with Crippen LogP contribution in [0.1, 0.15) is 29.1 Å². The molecule has 0 unspecified atom stereocenters. The van der Waals surface area contributed by atoms with Gasteiger partial charge in [0.25, 0.3) is 0 Å². The van der Waals surface area contributed by atoms with Gasteiger partial charge in [-0.3, -0.25) is 5.41 Å². The maximum absolute atomic E-state index is 13.6. The van der Waals surface area contributed by atoms with Crippen LogP contribution in [0, 0.1) is 12.3 Å². The Balaban J connectivity index is 1.53. The molecule has 0 aliphatic rings. The Morgan fingerprint density at radius 2 is 1.97 bits per heavy atom. The summed E-state index contributed by atoms with van der Waals surface area (Å²) in [6.45, 7) is 2.38. The van der Waals surface area contributed by atoms with Crippen LogP contribution >= 0.6 is 23.1 Å². The van der Waals surface area contributed by atoms with Gasteiger partial charge in [0.05, 0.1) is 24.6 Å². The van der Waals surface area contributed by atoms with Crippen LogP contribution in [0.5, 0.6) is 0 Å². The van der Waals surface area contributed by atoms with Gasteiger partial charge in [0.1, 0.15) is 5.84 Å². The molecule has 11 nitrogen and oxygen atoms in total. The molecule has 0 fully saturated rings. The van der Waals surface area contributed by atoms with Crippen molar-refractivity contribution in [3.63, 3.8) is 0 Å². The van der Waals surface area contributed by atoms with E-state index in [1.165, 1.54) is 29.2 Å². The van der Waals surface area contributed by atoms with Gasteiger partial charge in [0.15, 0.2) is 5.82 Å². The Hall–Kier alpha value is -3.75. The van der Waals surface area contributed by atoms with E-state index in [1.807, 2.05) is 25.1 Å². The minimum absolute atomic E-state index is 0.114. The molecule has 2 aromatic carbocycles. The van der Waals surface area contributed by atoms with E-state index >= 15 is 0 Å². The number of nitrogens with two attached hydrogens (primary N) is 1. The van der Waals surface area contributed by atoms with Crippen LogP contribution < -0.4 is 16.4 Å². The molecule has 14 heteroatoms. The highest BCUT2D eigenvalue weighted by Gasteiger charge is 2.25. The summed E-state index contributed by atoms with van der Waals surface area (Å²) in [4.78, 5) is 13.3. The lowest BCUT2D eigenvalue weighted by atomic mass is 9.98. The van der Waals surface area contributed by atoms with Crippen LogP contribution in [-0.2, 0) is 16.3 Å². The topological polar surface area (TPSA) is 180 Å². The number of hydrogen-bond acceptors (Lipinski definition) is 9. The average molecular weight is 585 g/mol. The molecule has 2 aromatic heterocycles. The molecule has 4 aromatic rings. The predicted octanol–water partition coefficient (Wildman–Crippen LogP) is 4.22. The van der Waals surface area contributed by atoms with Gasteiger partial charge in [-0.25, -0.2) is 13.2 Å². The van der Waals surface area contributed by atoms with Crippen molar-refractivity contribution in [3.8, 4) is 11.1 Å². The number of amidine groups is 1. The molecule has 0 saturated carbocycles. The number of aryl methyl sites for hydroxylation is 2. The summed E-state index contributed by atoms with van der Waals surface area (Å²) < 4.78 is 27.8. The number of carbonyl (C=O) groups is 1. The summed E-state index contributed by atoms with van der Waals surface area (Å²) in [7, 11) is -3.88. The van der Waals surface area contributed by atoms with Crippen molar-refractivity contribution in [1.82, 2.24) is 25.9 Å². The fourth-order valence-corrected chi connectivity index (χ4v) is 7.89. The average Bonchev–Trinajstić information content (AvgIpc) is 3.59. The number of H-pyrrole nitrogens is 1. The second-order valence-electron chi connectivity index (χ2n) is 8.57. The molecule has 0 atom stereocenters. The van der Waals surface area contributed by atoms with Crippen molar-refractivity contribution in [3.05, 3.63) is 64.8 Å². The standard InChI is InChI=1S/C25H28N8O3S3/c1-15-7-5-10-18(29-25(34)28-12-4-3-11-21-30-32-33-31-21)22(15)16-8-6-9-17(13-16)39(35,36)20-14-19(23(26)27)38-24(20)37-2/h5-10,13-14H,3-4,11-12H2,1-2H3,(H3,26,27)(H2,28,29,34)(H,30,31,32,33). The van der Waals surface area contributed by atoms with E-state index in [-0.39, 0.29) is 21.7 Å². The molecule has 204 valence electrons. The zero-order valence-corrected chi connectivity index (χ0v) is 23.8. The summed E-state index contributed by atoms with van der Waals surface area (Å²) in [5.41, 5.74) is 8.43. The fraction of sp³-hybridized carbons (Fsp3) is 0.240. The fourth-order valence-electron chi connectivity index (χ4n) is 3.99. The first-order chi connectivity index (χ1) is 18.7. The third-order valence-electron chi connectivity index (χ3n) is 5.86. The molecule has 0 saturated heterocycles. The smallest absolute Gasteiger partial charge is 0.319 e. The Labute approximate surface area is 234 Å². The lowest BCUT2D eigenvalue weighted by Crippen LogP contribution is -2.29. The number of aromatic amines is 1. The lowest BCUT2D eigenvalue weighted by Gasteiger charge is -2.15. The first kappa shape index (κ1) is 28.3. The minimum atomic E-state index is -3.88. The van der Waals surface area contributed by atoms with Gasteiger partial charge in [-0.1, -0.05) is 29.5 Å². The number of carbonyl (C=O) groups excluding carboxylic acids is 1. The maximum Gasteiger partial charge on any atom is 0.319 e. The normalized spacial score (nSPS) is 11.3. The van der Waals surface area contributed by atoms with Gasteiger partial charge < -0.3 is 16.4 Å². The quantitative estimate of drug-likeness (QED) is 0.0752. The molecule has 6 N–H and O–H groups in total. The zero-order valence-electron chi connectivity index (χ0n) is 21.3. The molecule has 39 heavy (non-hydrogen) atoms. The van der Waals surface area contributed by atoms with Crippen molar-refractivity contribution >= 4 is 50.5 Å². The molecule has 2 amide bonds. The molecule has 0 aliphatic heterocycles. The van der Waals surface area contributed by atoms with Crippen LogP contribution in [-0.4, -0.2) is 53.7 Å². The number of tetrazole rings is 1. The summed E-state index contributed by atoms with van der Waals surface area (Å²) >= 11 is 2.48. The first-order valence-corrected chi connectivity index (χ1v) is 15.5. The third-order valence-corrected chi connectivity index (χ3v) is 10.2. The van der Waals surface area contributed by atoms with Crippen molar-refractivity contribution in [2.45, 2.75) is 40.2 Å². The number of benzene rings is 2. The molecule has 0 radical (unpaired) electrons. The number of urea groups is 1. The summed E-state index contributed by atoms with van der Waals surface area (Å²) in [6, 6.07) is 13.3. The number of rotatable bonds is 11. The van der Waals surface area contributed by atoms with Crippen LogP contribution in [0.15, 0.2) is 62.5 Å². The Bertz CT molecular complexity index is 1580. The highest BCUT2D eigenvalue weighted by atomic mass is 32.2. The molecule has 0 aliphatic carbocycles. The molecule has 0 spiro atoms. The Kier molecular flexibility index (Phi) is 8.99. The van der Waals surface area contributed by atoms with Gasteiger partial charge in [0.2, 0.25) is 9.84 Å². The van der Waals surface area contributed by atoms with Gasteiger partial charge in [-0.15, -0.1) is 33.3 Å². The van der Waals surface area contributed by atoms with E-state index in [4.69, 9.17) is 11.1 Å². The highest BCUT2D eigenvalue weighted by Crippen LogP contribution is 2.38. The minimum Gasteiger partial charge on any atom is -0.383 e. The number of hydrogen-bond donors (Lipinski definition) is 5. The number of nitrogens with zero attached hydrogens (tertiary/aromatic N) is 3. The number of nitrogen functional groups attached to an aromatic ring is 1. The van der Waals surface area contributed by atoms with E-state index in [1.54, 1.807) is 30.5 Å². The maximum atomic E-state index is 13.6. The van der Waals surface area contributed by atoms with Gasteiger partial charge in [-0.05, 0) is 61.4 Å². The predicted molar refractivity (Wildman–Crippen MR) is 153 cm³/mol. The number of nitrogens with one attached hydrogen (secondary N) is 4. The van der Waals surface area contributed by atoms with E-state index in [2.05, 4.69) is 31.3 Å². The van der Waals surface area contributed by atoms with E-state index in [9.17, 15) is 13.2 Å². The zero-order chi connectivity index (χ0) is 28.0. The SMILES string of the molecule is CSc1sc(C(=N)N)cc1S(=O)(=O)c1cccc(-c2c(C)cccc2NC(=O)NCCCCc2nn[nH]n2)c1. The Morgan fingerprint density at radius 3 is 2.69 bits per heavy atom. The number of unbranched alkanes of at least 4 members (excludes halogenated alkanes) is 1. The lowest BCUT2D eigenvalue weighted by molar-refractivity contribution is 0.252. The molecule has 4 rings (SSSR count). The summed E-state index contributed by atoms with van der Waals surface area (Å²) in [5.74, 6) is 0.461. The van der Waals surface area contributed by atoms with Crippen LogP contribution in [0.4, 0.5) is 10.5 Å². The van der Waals surface area contributed by atoms with Gasteiger partial charge >= 0.3 is 6.03 Å². The van der Waals surface area contributed by atoms with Crippen molar-refractivity contribution in [2.24, 2.45) is 5.73 Å². The monoisotopic (exact) mass is 584 g/mol.